The maximum atomic E-state index is 13.7. The number of fused-ring (bicyclic) bond motifs is 1. The minimum absolute atomic E-state index is 0.0673. The Bertz CT molecular complexity index is 1730. The number of alkyl halides is 2. The third-order valence-corrected chi connectivity index (χ3v) is 6.55. The van der Waals surface area contributed by atoms with Crippen LogP contribution in [0.4, 0.5) is 14.5 Å². The second kappa shape index (κ2) is 10.8. The molecule has 0 spiro atoms. The number of carboxylic acid groups (broad SMARTS) is 1. The molecule has 0 atom stereocenters. The van der Waals surface area contributed by atoms with Crippen LogP contribution in [0.1, 0.15) is 44.4 Å². The van der Waals surface area contributed by atoms with Gasteiger partial charge < -0.3 is 19.2 Å². The number of oxazole rings is 1. The van der Waals surface area contributed by atoms with Gasteiger partial charge in [-0.1, -0.05) is 17.7 Å². The predicted octanol–water partition coefficient (Wildman–Crippen LogP) is 6.47. The third kappa shape index (κ3) is 5.23. The van der Waals surface area contributed by atoms with Gasteiger partial charge in [0.25, 0.3) is 12.3 Å². The first kappa shape index (κ1) is 26.8. The molecule has 0 aliphatic carbocycles. The van der Waals surface area contributed by atoms with Gasteiger partial charge in [-0.2, -0.15) is 5.10 Å². The number of aromatic carboxylic acids is 1. The highest BCUT2D eigenvalue weighted by Gasteiger charge is 2.25. The van der Waals surface area contributed by atoms with Crippen LogP contribution in [-0.2, 0) is 6.61 Å². The second-order valence-corrected chi connectivity index (χ2v) is 9.15. The second-order valence-electron chi connectivity index (χ2n) is 8.78. The molecule has 2 aromatic heterocycles. The number of anilines is 1. The van der Waals surface area contributed by atoms with Crippen LogP contribution in [0.2, 0.25) is 5.02 Å². The number of halogens is 3. The van der Waals surface area contributed by atoms with Crippen molar-refractivity contribution in [3.05, 3.63) is 100 Å². The van der Waals surface area contributed by atoms with Crippen molar-refractivity contribution in [1.82, 2.24) is 14.8 Å². The van der Waals surface area contributed by atoms with Crippen LogP contribution < -0.4 is 9.64 Å². The summed E-state index contributed by atoms with van der Waals surface area (Å²) in [6.45, 7) is 1.48. The van der Waals surface area contributed by atoms with Gasteiger partial charge in [0.2, 0.25) is 0 Å². The van der Waals surface area contributed by atoms with Gasteiger partial charge in [0, 0.05) is 31.3 Å². The fraction of sp³-hybridized carbons (Fsp3) is 0.143. The van der Waals surface area contributed by atoms with E-state index in [0.29, 0.717) is 34.1 Å². The van der Waals surface area contributed by atoms with Crippen LogP contribution in [0.15, 0.2) is 71.1 Å². The molecule has 0 radical (unpaired) electrons. The number of rotatable bonds is 8. The first-order valence-corrected chi connectivity index (χ1v) is 12.3. The number of nitrogens with zero attached hydrogens (tertiary/aromatic N) is 4. The number of benzene rings is 3. The van der Waals surface area contributed by atoms with Crippen LogP contribution in [0.5, 0.6) is 5.75 Å². The highest BCUT2D eigenvalue weighted by molar-refractivity contribution is 6.32. The van der Waals surface area contributed by atoms with Crippen LogP contribution in [0, 0.1) is 6.92 Å². The highest BCUT2D eigenvalue weighted by Crippen LogP contribution is 2.32. The van der Waals surface area contributed by atoms with Gasteiger partial charge in [-0.05, 0) is 54.6 Å². The Morgan fingerprint density at radius 2 is 1.85 bits per heavy atom. The van der Waals surface area contributed by atoms with Crippen LogP contribution in [0.25, 0.3) is 16.8 Å². The van der Waals surface area contributed by atoms with E-state index in [1.54, 1.807) is 50.4 Å². The summed E-state index contributed by atoms with van der Waals surface area (Å²) in [6, 6.07) is 17.1. The Kier molecular flexibility index (Phi) is 7.22. The van der Waals surface area contributed by atoms with Crippen molar-refractivity contribution in [3.63, 3.8) is 0 Å². The number of amides is 1. The standard InChI is InChI=1S/C28H21ClF2N4O5/c1-15-32-21-11-8-18(13-23(21)40-15)34(2)27(36)17-4-3-5-19(12-17)35-22(24(29)25(33-35)26(30)31)14-39-20-9-6-16(7-10-20)28(37)38/h3-13,26H,14H2,1-2H3,(H,37,38). The first-order chi connectivity index (χ1) is 19.1. The van der Waals surface area contributed by atoms with Crippen molar-refractivity contribution in [1.29, 1.82) is 0 Å². The monoisotopic (exact) mass is 566 g/mol. The van der Waals surface area contributed by atoms with E-state index in [0.717, 1.165) is 0 Å². The number of aryl methyl sites for hydroxylation is 1. The van der Waals surface area contributed by atoms with Gasteiger partial charge in [0.1, 0.15) is 29.3 Å². The van der Waals surface area contributed by atoms with Crippen molar-refractivity contribution in [2.75, 3.05) is 11.9 Å². The number of aromatic nitrogens is 3. The number of carbonyl (C=O) groups excluding carboxylic acids is 1. The van der Waals surface area contributed by atoms with Gasteiger partial charge in [-0.3, -0.25) is 4.79 Å². The van der Waals surface area contributed by atoms with Crippen molar-refractivity contribution in [2.24, 2.45) is 0 Å². The normalized spacial score (nSPS) is 11.2. The Morgan fingerprint density at radius 3 is 2.55 bits per heavy atom. The summed E-state index contributed by atoms with van der Waals surface area (Å²) in [6.07, 6.45) is -2.95. The molecule has 0 fully saturated rings. The topological polar surface area (TPSA) is 111 Å². The molecule has 1 amide bonds. The molecule has 5 rings (SSSR count). The molecule has 0 unspecified atom stereocenters. The number of carbonyl (C=O) groups is 2. The Morgan fingerprint density at radius 1 is 1.10 bits per heavy atom. The van der Waals surface area contributed by atoms with Crippen molar-refractivity contribution in [3.8, 4) is 11.4 Å². The lowest BCUT2D eigenvalue weighted by Crippen LogP contribution is -2.26. The van der Waals surface area contributed by atoms with Gasteiger partial charge >= 0.3 is 5.97 Å². The quantitative estimate of drug-likeness (QED) is 0.229. The van der Waals surface area contributed by atoms with Gasteiger partial charge in [0.05, 0.1) is 16.3 Å². The number of hydrogen-bond acceptors (Lipinski definition) is 6. The molecule has 204 valence electrons. The zero-order valence-corrected chi connectivity index (χ0v) is 21.9. The van der Waals surface area contributed by atoms with Gasteiger partial charge in [-0.15, -0.1) is 0 Å². The fourth-order valence-corrected chi connectivity index (χ4v) is 4.35. The summed E-state index contributed by atoms with van der Waals surface area (Å²) in [5.74, 6) is -0.645. The van der Waals surface area contributed by atoms with E-state index in [1.165, 1.54) is 39.9 Å². The molecular weight excluding hydrogens is 546 g/mol. The summed E-state index contributed by atoms with van der Waals surface area (Å²) < 4.78 is 39.9. The Labute approximate surface area is 231 Å². The van der Waals surface area contributed by atoms with E-state index in [4.69, 9.17) is 25.9 Å². The fourth-order valence-electron chi connectivity index (χ4n) is 4.09. The molecule has 9 nitrogen and oxygen atoms in total. The molecule has 0 aliphatic rings. The third-order valence-electron chi connectivity index (χ3n) is 6.13. The minimum Gasteiger partial charge on any atom is -0.487 e. The largest absolute Gasteiger partial charge is 0.487 e. The SMILES string of the molecule is Cc1nc2ccc(N(C)C(=O)c3cccc(-n4nc(C(F)F)c(Cl)c4COc4ccc(C(=O)O)cc4)c3)cc2o1. The molecule has 1 N–H and O–H groups in total. The average molecular weight is 567 g/mol. The minimum atomic E-state index is -2.95. The van der Waals surface area contributed by atoms with Crippen LogP contribution in [-0.4, -0.2) is 38.8 Å². The Hall–Kier alpha value is -4.77. The summed E-state index contributed by atoms with van der Waals surface area (Å²) in [5, 5.41) is 12.8. The van der Waals surface area contributed by atoms with Crippen LogP contribution >= 0.6 is 11.6 Å². The molecular formula is C28H21ClF2N4O5. The molecule has 0 aliphatic heterocycles. The summed E-state index contributed by atoms with van der Waals surface area (Å²) in [5.41, 5.74) is 1.93. The maximum Gasteiger partial charge on any atom is 0.335 e. The van der Waals surface area contributed by atoms with E-state index in [1.807, 2.05) is 0 Å². The zero-order valence-electron chi connectivity index (χ0n) is 21.1. The number of hydrogen-bond donors (Lipinski definition) is 1. The van der Waals surface area contributed by atoms with E-state index in [2.05, 4.69) is 10.1 Å². The maximum absolute atomic E-state index is 13.7. The molecule has 0 bridgehead atoms. The van der Waals surface area contributed by atoms with Crippen molar-refractivity contribution >= 4 is 40.3 Å². The zero-order chi connectivity index (χ0) is 28.6. The number of carboxylic acids is 1. The molecule has 2 heterocycles. The molecule has 3 aromatic carbocycles. The van der Waals surface area contributed by atoms with Gasteiger partial charge in [-0.25, -0.2) is 23.2 Å². The van der Waals surface area contributed by atoms with E-state index >= 15 is 0 Å². The van der Waals surface area contributed by atoms with Gasteiger partial charge in [0.15, 0.2) is 11.5 Å². The summed E-state index contributed by atoms with van der Waals surface area (Å²) >= 11 is 6.28. The summed E-state index contributed by atoms with van der Waals surface area (Å²) in [4.78, 5) is 30.1. The van der Waals surface area contributed by atoms with E-state index < -0.39 is 18.1 Å². The van der Waals surface area contributed by atoms with E-state index in [9.17, 15) is 18.4 Å². The molecule has 12 heteroatoms. The molecule has 0 saturated heterocycles. The molecule has 40 heavy (non-hydrogen) atoms. The highest BCUT2D eigenvalue weighted by atomic mass is 35.5. The number of ether oxygens (including phenoxy) is 1. The summed E-state index contributed by atoms with van der Waals surface area (Å²) in [7, 11) is 1.61. The lowest BCUT2D eigenvalue weighted by molar-refractivity contribution is 0.0696. The van der Waals surface area contributed by atoms with Crippen molar-refractivity contribution in [2.45, 2.75) is 20.0 Å². The first-order valence-electron chi connectivity index (χ1n) is 11.9. The van der Waals surface area contributed by atoms with Crippen molar-refractivity contribution < 1.29 is 32.6 Å². The molecule has 5 aromatic rings. The van der Waals surface area contributed by atoms with E-state index in [-0.39, 0.29) is 34.4 Å². The van der Waals surface area contributed by atoms with Crippen LogP contribution in [0.3, 0.4) is 0 Å². The predicted molar refractivity (Wildman–Crippen MR) is 143 cm³/mol. The average Bonchev–Trinajstić information content (AvgIpc) is 3.49. The lowest BCUT2D eigenvalue weighted by Gasteiger charge is -2.18. The smallest absolute Gasteiger partial charge is 0.335 e. The molecule has 0 saturated carbocycles. The lowest BCUT2D eigenvalue weighted by atomic mass is 10.1. The Balaban J connectivity index is 1.44.